The van der Waals surface area contributed by atoms with Gasteiger partial charge in [0.15, 0.2) is 0 Å². The minimum atomic E-state index is -0.204. The number of nitrogens with zero attached hydrogens (tertiary/aromatic N) is 7. The second-order valence-electron chi connectivity index (χ2n) is 6.26. The summed E-state index contributed by atoms with van der Waals surface area (Å²) >= 11 is 1.45. The molecule has 0 aliphatic heterocycles. The van der Waals surface area contributed by atoms with Crippen molar-refractivity contribution in [2.24, 2.45) is 0 Å². The van der Waals surface area contributed by atoms with Crippen molar-refractivity contribution in [3.63, 3.8) is 0 Å². The fraction of sp³-hybridized carbons (Fsp3) is 0.333. The van der Waals surface area contributed by atoms with Crippen molar-refractivity contribution in [1.82, 2.24) is 35.2 Å². The highest BCUT2D eigenvalue weighted by molar-refractivity contribution is 7.98. The van der Waals surface area contributed by atoms with Gasteiger partial charge in [0.1, 0.15) is 5.82 Å². The van der Waals surface area contributed by atoms with Crippen LogP contribution < -0.4 is 11.1 Å². The molecule has 0 unspecified atom stereocenters. The molecule has 10 heteroatoms. The summed E-state index contributed by atoms with van der Waals surface area (Å²) in [4.78, 5) is 12.7. The molecule has 3 aromatic rings. The van der Waals surface area contributed by atoms with Gasteiger partial charge >= 0.3 is 0 Å². The third kappa shape index (κ3) is 4.41. The zero-order valence-electron chi connectivity index (χ0n) is 14.2. The smallest absolute Gasteiger partial charge is 0.232 e. The molecule has 25 heavy (non-hydrogen) atoms. The van der Waals surface area contributed by atoms with Crippen LogP contribution in [0.25, 0.3) is 0 Å². The molecule has 3 rings (SSSR count). The first-order valence-electron chi connectivity index (χ1n) is 7.66. The van der Waals surface area contributed by atoms with Crippen molar-refractivity contribution in [1.29, 1.82) is 0 Å². The molecule has 0 fully saturated rings. The van der Waals surface area contributed by atoms with E-state index in [1.54, 1.807) is 4.68 Å². The summed E-state index contributed by atoms with van der Waals surface area (Å²) in [6.45, 7) is 6.11. The minimum absolute atomic E-state index is 0.166. The SMILES string of the molecule is CC(C)(C)n1nnnc1SCc1nc(N)nc(Nc2ccccc2)n1. The maximum Gasteiger partial charge on any atom is 0.232 e. The van der Waals surface area contributed by atoms with Crippen LogP contribution in [-0.2, 0) is 11.3 Å². The van der Waals surface area contributed by atoms with E-state index in [0.717, 1.165) is 5.69 Å². The molecule has 0 aliphatic rings. The molecule has 0 saturated heterocycles. The van der Waals surface area contributed by atoms with Crippen LogP contribution in [0.2, 0.25) is 0 Å². The first kappa shape index (κ1) is 17.1. The van der Waals surface area contributed by atoms with Crippen molar-refractivity contribution >= 4 is 29.3 Å². The van der Waals surface area contributed by atoms with Gasteiger partial charge in [-0.3, -0.25) is 0 Å². The van der Waals surface area contributed by atoms with Crippen LogP contribution in [0.4, 0.5) is 17.6 Å². The van der Waals surface area contributed by atoms with Gasteiger partial charge in [-0.1, -0.05) is 30.0 Å². The second kappa shape index (κ2) is 7.01. The van der Waals surface area contributed by atoms with E-state index in [-0.39, 0.29) is 11.5 Å². The van der Waals surface area contributed by atoms with E-state index in [1.807, 2.05) is 51.1 Å². The average molecular weight is 357 g/mol. The van der Waals surface area contributed by atoms with Crippen molar-refractivity contribution < 1.29 is 0 Å². The average Bonchev–Trinajstić information content (AvgIpc) is 3.02. The molecule has 0 spiro atoms. The monoisotopic (exact) mass is 357 g/mol. The number of para-hydroxylation sites is 1. The van der Waals surface area contributed by atoms with Crippen molar-refractivity contribution in [3.05, 3.63) is 36.2 Å². The summed E-state index contributed by atoms with van der Waals surface area (Å²) in [6, 6.07) is 9.64. The minimum Gasteiger partial charge on any atom is -0.368 e. The first-order valence-corrected chi connectivity index (χ1v) is 8.64. The van der Waals surface area contributed by atoms with Crippen LogP contribution in [-0.4, -0.2) is 35.2 Å². The highest BCUT2D eigenvalue weighted by Gasteiger charge is 2.20. The molecule has 0 amide bonds. The molecule has 0 radical (unpaired) electrons. The maximum atomic E-state index is 5.80. The van der Waals surface area contributed by atoms with Gasteiger partial charge < -0.3 is 11.1 Å². The van der Waals surface area contributed by atoms with Crippen molar-refractivity contribution in [3.8, 4) is 0 Å². The number of nitrogens with one attached hydrogen (secondary N) is 1. The standard InChI is InChI=1S/C15H19N9S/c1-15(2,3)24-14(21-22-23-24)25-9-11-18-12(16)20-13(19-11)17-10-7-5-4-6-8-10/h4-8H,9H2,1-3H3,(H3,16,17,18,19,20). The number of benzene rings is 1. The lowest BCUT2D eigenvalue weighted by Crippen LogP contribution is -2.24. The van der Waals surface area contributed by atoms with Gasteiger partial charge in [-0.05, 0) is 43.3 Å². The first-order chi connectivity index (χ1) is 11.9. The zero-order valence-corrected chi connectivity index (χ0v) is 15.0. The molecule has 130 valence electrons. The van der Waals surface area contributed by atoms with E-state index in [9.17, 15) is 0 Å². The Morgan fingerprint density at radius 1 is 1.12 bits per heavy atom. The van der Waals surface area contributed by atoms with Gasteiger partial charge in [-0.15, -0.1) is 5.10 Å². The Bertz CT molecular complexity index is 842. The highest BCUT2D eigenvalue weighted by Crippen LogP contribution is 2.24. The summed E-state index contributed by atoms with van der Waals surface area (Å²) in [5.74, 6) is 1.61. The molecule has 9 nitrogen and oxygen atoms in total. The summed E-state index contributed by atoms with van der Waals surface area (Å²) < 4.78 is 1.77. The van der Waals surface area contributed by atoms with Crippen LogP contribution in [0.15, 0.2) is 35.5 Å². The lowest BCUT2D eigenvalue weighted by Gasteiger charge is -2.19. The summed E-state index contributed by atoms with van der Waals surface area (Å²) in [7, 11) is 0. The Kier molecular flexibility index (Phi) is 4.79. The molecule has 0 atom stereocenters. The number of hydrogen-bond donors (Lipinski definition) is 2. The van der Waals surface area contributed by atoms with Crippen LogP contribution in [0, 0.1) is 0 Å². The lowest BCUT2D eigenvalue weighted by atomic mass is 10.1. The Hall–Kier alpha value is -2.75. The van der Waals surface area contributed by atoms with Crippen LogP contribution in [0.5, 0.6) is 0 Å². The van der Waals surface area contributed by atoms with Gasteiger partial charge in [0.25, 0.3) is 0 Å². The molecule has 1 aromatic carbocycles. The van der Waals surface area contributed by atoms with E-state index in [4.69, 9.17) is 5.73 Å². The quantitative estimate of drug-likeness (QED) is 0.662. The molecule has 0 saturated carbocycles. The number of hydrogen-bond acceptors (Lipinski definition) is 9. The van der Waals surface area contributed by atoms with Crippen LogP contribution in [0.3, 0.4) is 0 Å². The zero-order chi connectivity index (χ0) is 17.9. The van der Waals surface area contributed by atoms with E-state index in [2.05, 4.69) is 35.8 Å². The predicted molar refractivity (Wildman–Crippen MR) is 96.3 cm³/mol. The van der Waals surface area contributed by atoms with E-state index < -0.39 is 0 Å². The summed E-state index contributed by atoms with van der Waals surface area (Å²) in [5, 5.41) is 15.7. The number of tetrazole rings is 1. The van der Waals surface area contributed by atoms with Gasteiger partial charge in [0.05, 0.1) is 11.3 Å². The number of nitrogens with two attached hydrogens (primary N) is 1. The van der Waals surface area contributed by atoms with Gasteiger partial charge in [-0.2, -0.15) is 15.0 Å². The van der Waals surface area contributed by atoms with Crippen LogP contribution >= 0.6 is 11.8 Å². The van der Waals surface area contributed by atoms with E-state index in [1.165, 1.54) is 11.8 Å². The van der Waals surface area contributed by atoms with E-state index >= 15 is 0 Å². The van der Waals surface area contributed by atoms with Gasteiger partial charge in [0, 0.05) is 5.69 Å². The number of anilines is 3. The fourth-order valence-corrected chi connectivity index (χ4v) is 2.94. The summed E-state index contributed by atoms with van der Waals surface area (Å²) in [6.07, 6.45) is 0. The number of nitrogen functional groups attached to an aromatic ring is 1. The summed E-state index contributed by atoms with van der Waals surface area (Å²) in [5.41, 5.74) is 6.48. The molecule has 2 heterocycles. The third-order valence-corrected chi connectivity index (χ3v) is 4.05. The van der Waals surface area contributed by atoms with Gasteiger partial charge in [0.2, 0.25) is 17.1 Å². The third-order valence-electron chi connectivity index (χ3n) is 3.14. The molecular weight excluding hydrogens is 338 g/mol. The maximum absolute atomic E-state index is 5.80. The van der Waals surface area contributed by atoms with Crippen LogP contribution in [0.1, 0.15) is 26.6 Å². The Balaban J connectivity index is 1.74. The molecule has 0 bridgehead atoms. The predicted octanol–water partition coefficient (Wildman–Crippen LogP) is 2.23. The molecule has 2 aromatic heterocycles. The second-order valence-corrected chi connectivity index (χ2v) is 7.20. The van der Waals surface area contributed by atoms with Crippen molar-refractivity contribution in [2.75, 3.05) is 11.1 Å². The Labute approximate surface area is 149 Å². The largest absolute Gasteiger partial charge is 0.368 e. The lowest BCUT2D eigenvalue weighted by molar-refractivity contribution is 0.321. The van der Waals surface area contributed by atoms with Crippen molar-refractivity contribution in [2.45, 2.75) is 37.2 Å². The molecular formula is C15H19N9S. The molecule has 3 N–H and O–H groups in total. The van der Waals surface area contributed by atoms with E-state index in [0.29, 0.717) is 22.7 Å². The number of aromatic nitrogens is 7. The topological polar surface area (TPSA) is 120 Å². The Morgan fingerprint density at radius 2 is 1.88 bits per heavy atom. The number of thioether (sulfide) groups is 1. The fourth-order valence-electron chi connectivity index (χ4n) is 2.03. The highest BCUT2D eigenvalue weighted by atomic mass is 32.2. The van der Waals surface area contributed by atoms with Gasteiger partial charge in [-0.25, -0.2) is 4.68 Å². The Morgan fingerprint density at radius 3 is 2.60 bits per heavy atom. The molecule has 0 aliphatic carbocycles. The number of rotatable bonds is 5. The normalized spacial score (nSPS) is 11.5.